The first kappa shape index (κ1) is 22.3. The molecule has 0 fully saturated rings. The molecule has 196 valence electrons. The van der Waals surface area contributed by atoms with Gasteiger partial charge in [-0.3, -0.25) is 4.57 Å². The van der Waals surface area contributed by atoms with Crippen molar-refractivity contribution < 1.29 is 4.42 Å². The van der Waals surface area contributed by atoms with Gasteiger partial charge in [0, 0.05) is 47.4 Å². The molecule has 0 radical (unpaired) electrons. The third-order valence-corrected chi connectivity index (χ3v) is 9.70. The number of benzene rings is 6. The Morgan fingerprint density at radius 1 is 0.476 bits per heavy atom. The number of hydrogen-bond donors (Lipinski definition) is 0. The highest BCUT2D eigenvalue weighted by molar-refractivity contribution is 7.26. The number of thiophene rings is 1. The molecule has 10 aromatic rings. The summed E-state index contributed by atoms with van der Waals surface area (Å²) >= 11 is 1.80. The number of para-hydroxylation sites is 3. The fraction of sp³-hybridized carbons (Fsp3) is 0. The molecule has 0 unspecified atom stereocenters. The van der Waals surface area contributed by atoms with E-state index in [1.807, 2.05) is 0 Å². The van der Waals surface area contributed by atoms with Gasteiger partial charge in [-0.2, -0.15) is 4.98 Å². The predicted octanol–water partition coefficient (Wildman–Crippen LogP) is 10.4. The third kappa shape index (κ3) is 2.83. The van der Waals surface area contributed by atoms with Crippen molar-refractivity contribution in [3.63, 3.8) is 0 Å². The van der Waals surface area contributed by atoms with Gasteiger partial charge in [-0.15, -0.1) is 11.3 Å². The Bertz CT molecular complexity index is 2690. The second-order valence-electron chi connectivity index (χ2n) is 10.8. The number of fused-ring (bicyclic) bond motifs is 12. The van der Waals surface area contributed by atoms with Crippen LogP contribution in [0.1, 0.15) is 0 Å². The lowest BCUT2D eigenvalue weighted by atomic mass is 10.1. The topological polar surface area (TPSA) is 35.9 Å². The first-order valence-electron chi connectivity index (χ1n) is 14.1. The molecule has 4 heterocycles. The van der Waals surface area contributed by atoms with Gasteiger partial charge < -0.3 is 8.98 Å². The second-order valence-corrected chi connectivity index (χ2v) is 11.9. The summed E-state index contributed by atoms with van der Waals surface area (Å²) in [5.41, 5.74) is 7.39. The molecule has 0 N–H and O–H groups in total. The summed E-state index contributed by atoms with van der Waals surface area (Å²) in [5, 5.41) is 7.25. The number of oxazole rings is 1. The monoisotopic (exact) mass is 555 g/mol. The molecule has 0 aliphatic rings. The average molecular weight is 556 g/mol. The van der Waals surface area contributed by atoms with Crippen molar-refractivity contribution in [3.05, 3.63) is 127 Å². The van der Waals surface area contributed by atoms with Gasteiger partial charge in [0.15, 0.2) is 5.58 Å². The van der Waals surface area contributed by atoms with Crippen LogP contribution in [0.3, 0.4) is 0 Å². The van der Waals surface area contributed by atoms with Crippen LogP contribution < -0.4 is 0 Å². The number of nitrogens with zero attached hydrogens (tertiary/aromatic N) is 3. The Hall–Kier alpha value is -5.39. The van der Waals surface area contributed by atoms with Crippen LogP contribution in [-0.4, -0.2) is 14.1 Å². The minimum absolute atomic E-state index is 0.588. The highest BCUT2D eigenvalue weighted by Crippen LogP contribution is 2.43. The zero-order valence-electron chi connectivity index (χ0n) is 22.3. The highest BCUT2D eigenvalue weighted by atomic mass is 32.1. The van der Waals surface area contributed by atoms with E-state index in [9.17, 15) is 0 Å². The maximum Gasteiger partial charge on any atom is 0.307 e. The lowest BCUT2D eigenvalue weighted by Gasteiger charge is -2.07. The Labute approximate surface area is 243 Å². The molecule has 0 bridgehead atoms. The molecule has 0 aliphatic heterocycles. The van der Waals surface area contributed by atoms with Crippen LogP contribution in [0.4, 0.5) is 0 Å². The van der Waals surface area contributed by atoms with Gasteiger partial charge in [0.25, 0.3) is 0 Å². The second kappa shape index (κ2) is 8.09. The maximum absolute atomic E-state index is 6.58. The van der Waals surface area contributed by atoms with E-state index in [-0.39, 0.29) is 0 Å². The van der Waals surface area contributed by atoms with Gasteiger partial charge in [-0.25, -0.2) is 0 Å². The summed E-state index contributed by atoms with van der Waals surface area (Å²) in [7, 11) is 0. The lowest BCUT2D eigenvalue weighted by Crippen LogP contribution is -1.94. The van der Waals surface area contributed by atoms with Crippen LogP contribution >= 0.6 is 11.3 Å². The summed E-state index contributed by atoms with van der Waals surface area (Å²) in [6, 6.07) is 45.7. The summed E-state index contributed by atoms with van der Waals surface area (Å²) in [4.78, 5) is 5.20. The van der Waals surface area contributed by atoms with Crippen molar-refractivity contribution in [2.75, 3.05) is 0 Å². The average Bonchev–Trinajstić information content (AvgIpc) is 3.79. The number of hydrogen-bond acceptors (Lipinski definition) is 3. The lowest BCUT2D eigenvalue weighted by molar-refractivity contribution is 0.574. The van der Waals surface area contributed by atoms with Crippen molar-refractivity contribution in [2.45, 2.75) is 0 Å². The maximum atomic E-state index is 6.58. The van der Waals surface area contributed by atoms with Crippen LogP contribution in [0.25, 0.3) is 86.6 Å². The Morgan fingerprint density at radius 2 is 1.10 bits per heavy atom. The van der Waals surface area contributed by atoms with Gasteiger partial charge >= 0.3 is 6.01 Å². The minimum atomic E-state index is 0.588. The summed E-state index contributed by atoms with van der Waals surface area (Å²) in [6.45, 7) is 0. The zero-order valence-corrected chi connectivity index (χ0v) is 23.1. The fourth-order valence-corrected chi connectivity index (χ4v) is 7.97. The number of rotatable bonds is 2. The van der Waals surface area contributed by atoms with Crippen LogP contribution in [-0.2, 0) is 0 Å². The standard InChI is InChI=1S/C37H21N3OS/c1-2-10-22(11-3-1)39-26-15-7-4-12-23(26)33-28(39)18-19-29-34(33)24-13-5-8-16-27(24)40(29)37-38-36-30(41-37)20-21-32-35(36)25-14-6-9-17-31(25)42-32/h1-21H. The molecule has 5 heteroatoms. The Kier molecular flexibility index (Phi) is 4.30. The molecule has 4 aromatic heterocycles. The Balaban J connectivity index is 1.35. The van der Waals surface area contributed by atoms with Gasteiger partial charge in [0.05, 0.1) is 22.1 Å². The first-order valence-corrected chi connectivity index (χ1v) is 14.9. The van der Waals surface area contributed by atoms with Gasteiger partial charge in [-0.05, 0) is 54.6 Å². The van der Waals surface area contributed by atoms with E-state index in [2.05, 4.69) is 137 Å². The smallest absolute Gasteiger partial charge is 0.307 e. The molecule has 0 aliphatic carbocycles. The van der Waals surface area contributed by atoms with Crippen molar-refractivity contribution >= 4 is 86.2 Å². The van der Waals surface area contributed by atoms with Gasteiger partial charge in [-0.1, -0.05) is 72.8 Å². The molecule has 10 rings (SSSR count). The molecule has 6 aromatic carbocycles. The summed E-state index contributed by atoms with van der Waals surface area (Å²) < 4.78 is 13.6. The van der Waals surface area contributed by atoms with Crippen molar-refractivity contribution in [3.8, 4) is 11.7 Å². The van der Waals surface area contributed by atoms with Crippen molar-refractivity contribution in [1.82, 2.24) is 14.1 Å². The summed E-state index contributed by atoms with van der Waals surface area (Å²) in [6.07, 6.45) is 0. The van der Waals surface area contributed by atoms with Crippen LogP contribution in [0, 0.1) is 0 Å². The molecule has 0 amide bonds. The van der Waals surface area contributed by atoms with E-state index in [1.165, 1.54) is 47.4 Å². The molecule has 0 atom stereocenters. The predicted molar refractivity (Wildman–Crippen MR) is 176 cm³/mol. The van der Waals surface area contributed by atoms with Crippen LogP contribution in [0.5, 0.6) is 0 Å². The molecule has 42 heavy (non-hydrogen) atoms. The van der Waals surface area contributed by atoms with Crippen LogP contribution in [0.15, 0.2) is 132 Å². The molecule has 0 saturated heterocycles. The van der Waals surface area contributed by atoms with E-state index in [4.69, 9.17) is 9.40 Å². The summed E-state index contributed by atoms with van der Waals surface area (Å²) in [5.74, 6) is 0. The molecule has 0 saturated carbocycles. The third-order valence-electron chi connectivity index (χ3n) is 8.57. The molecule has 4 nitrogen and oxygen atoms in total. The highest BCUT2D eigenvalue weighted by Gasteiger charge is 2.23. The van der Waals surface area contributed by atoms with Crippen LogP contribution in [0.2, 0.25) is 0 Å². The normalized spacial score (nSPS) is 12.3. The van der Waals surface area contributed by atoms with Gasteiger partial charge in [0.1, 0.15) is 5.52 Å². The van der Waals surface area contributed by atoms with E-state index in [0.29, 0.717) is 6.01 Å². The molecular weight excluding hydrogens is 534 g/mol. The van der Waals surface area contributed by atoms with E-state index >= 15 is 0 Å². The molecular formula is C37H21N3OS. The zero-order chi connectivity index (χ0) is 27.4. The first-order chi connectivity index (χ1) is 20.8. The quantitative estimate of drug-likeness (QED) is 0.213. The SMILES string of the molecule is c1ccc(-n2c3ccccc3c3c4c5ccccc5n(-c5nc6c(ccc7sc8ccccc8c76)o5)c4ccc32)cc1. The number of aromatic nitrogens is 3. The van der Waals surface area contributed by atoms with Crippen molar-refractivity contribution in [1.29, 1.82) is 0 Å². The largest absolute Gasteiger partial charge is 0.423 e. The van der Waals surface area contributed by atoms with E-state index in [1.54, 1.807) is 11.3 Å². The van der Waals surface area contributed by atoms with E-state index < -0.39 is 0 Å². The fourth-order valence-electron chi connectivity index (χ4n) is 6.86. The Morgan fingerprint density at radius 3 is 1.86 bits per heavy atom. The van der Waals surface area contributed by atoms with Gasteiger partial charge in [0.2, 0.25) is 0 Å². The molecule has 0 spiro atoms. The van der Waals surface area contributed by atoms with Crippen molar-refractivity contribution in [2.24, 2.45) is 0 Å². The minimum Gasteiger partial charge on any atom is -0.423 e. The van der Waals surface area contributed by atoms with E-state index in [0.717, 1.165) is 33.2 Å².